The van der Waals surface area contributed by atoms with E-state index in [4.69, 9.17) is 18.6 Å². The first kappa shape index (κ1) is 25.7. The molecule has 0 radical (unpaired) electrons. The molecule has 4 heterocycles. The van der Waals surface area contributed by atoms with Crippen molar-refractivity contribution in [2.24, 2.45) is 15.9 Å². The summed E-state index contributed by atoms with van der Waals surface area (Å²) in [6, 6.07) is 5.63. The standard InChI is InChI=1S/C28H32N4O6/c1-3-36-28(34)24-25(33)23(16-19-17-30-26-21(19)5-4-8-29-26)38-27(24)31-22-7-6-20(15-18(22)2)37-14-11-32-9-12-35-13-10-32/h4-8,15-17,21,26,31,33H,3,9-14H2,1-2H3. The number of hydrogen-bond donors (Lipinski definition) is 2. The predicted molar refractivity (Wildman–Crippen MR) is 145 cm³/mol. The van der Waals surface area contributed by atoms with Gasteiger partial charge in [0.05, 0.1) is 19.8 Å². The highest BCUT2D eigenvalue weighted by Crippen LogP contribution is 2.39. The van der Waals surface area contributed by atoms with Crippen LogP contribution in [0.15, 0.2) is 50.3 Å². The average Bonchev–Trinajstić information content (AvgIpc) is 3.47. The van der Waals surface area contributed by atoms with Crippen LogP contribution in [-0.4, -0.2) is 80.6 Å². The molecule has 2 aromatic rings. The highest BCUT2D eigenvalue weighted by Gasteiger charge is 2.30. The number of esters is 1. The molecule has 3 aliphatic heterocycles. The predicted octanol–water partition coefficient (Wildman–Crippen LogP) is 3.98. The molecule has 1 aromatic carbocycles. The lowest BCUT2D eigenvalue weighted by Gasteiger charge is -2.26. The van der Waals surface area contributed by atoms with E-state index in [-0.39, 0.29) is 41.6 Å². The molecule has 2 unspecified atom stereocenters. The van der Waals surface area contributed by atoms with E-state index >= 15 is 0 Å². The van der Waals surface area contributed by atoms with E-state index in [1.54, 1.807) is 25.4 Å². The van der Waals surface area contributed by atoms with Gasteiger partial charge in [0.2, 0.25) is 5.88 Å². The number of dihydropyridines is 1. The summed E-state index contributed by atoms with van der Waals surface area (Å²) in [5.74, 6) is -0.0362. The lowest BCUT2D eigenvalue weighted by molar-refractivity contribution is 0.0322. The number of furan rings is 1. The molecular formula is C28H32N4O6. The first-order chi connectivity index (χ1) is 18.5. The third-order valence-corrected chi connectivity index (χ3v) is 6.64. The second-order valence-corrected chi connectivity index (χ2v) is 9.19. The second-order valence-electron chi connectivity index (χ2n) is 9.19. The number of morpholine rings is 1. The molecule has 10 nitrogen and oxygen atoms in total. The highest BCUT2D eigenvalue weighted by atomic mass is 16.5. The fraction of sp³-hybridized carbons (Fsp3) is 0.393. The highest BCUT2D eigenvalue weighted by molar-refractivity contribution is 6.00. The monoisotopic (exact) mass is 520 g/mol. The maximum Gasteiger partial charge on any atom is 0.347 e. The minimum atomic E-state index is -0.679. The molecule has 200 valence electrons. The van der Waals surface area contributed by atoms with E-state index in [9.17, 15) is 9.90 Å². The van der Waals surface area contributed by atoms with E-state index < -0.39 is 5.97 Å². The number of aryl methyl sites for hydroxylation is 1. The van der Waals surface area contributed by atoms with Crippen LogP contribution < -0.4 is 10.1 Å². The Kier molecular flexibility index (Phi) is 7.90. The number of aliphatic imine (C=N–C) groups is 2. The summed E-state index contributed by atoms with van der Waals surface area (Å²) in [5, 5.41) is 14.1. The number of fused-ring (bicyclic) bond motifs is 1. The third kappa shape index (κ3) is 5.66. The summed E-state index contributed by atoms with van der Waals surface area (Å²) in [7, 11) is 0. The van der Waals surface area contributed by atoms with Crippen molar-refractivity contribution < 1.29 is 28.5 Å². The van der Waals surface area contributed by atoms with Crippen molar-refractivity contribution in [2.75, 3.05) is 51.4 Å². The molecule has 0 spiro atoms. The first-order valence-corrected chi connectivity index (χ1v) is 12.8. The van der Waals surface area contributed by atoms with Crippen LogP contribution in [-0.2, 0) is 9.47 Å². The SMILES string of the molecule is CCOC(=O)c1c(Nc2ccc(OCCN3CCOCC3)cc2C)oc(C=C2C=NC3N=CC=CC23)c1O. The number of hydrogen-bond acceptors (Lipinski definition) is 10. The Hall–Kier alpha value is -3.89. The van der Waals surface area contributed by atoms with Gasteiger partial charge in [0.1, 0.15) is 18.5 Å². The van der Waals surface area contributed by atoms with Gasteiger partial charge in [-0.1, -0.05) is 6.08 Å². The van der Waals surface area contributed by atoms with Gasteiger partial charge < -0.3 is 29.1 Å². The zero-order valence-corrected chi connectivity index (χ0v) is 21.6. The van der Waals surface area contributed by atoms with Crippen molar-refractivity contribution in [3.63, 3.8) is 0 Å². The van der Waals surface area contributed by atoms with E-state index in [2.05, 4.69) is 20.2 Å². The van der Waals surface area contributed by atoms with Gasteiger partial charge in [-0.15, -0.1) is 0 Å². The Balaban J connectivity index is 1.34. The molecule has 1 aromatic heterocycles. The largest absolute Gasteiger partial charge is 0.504 e. The van der Waals surface area contributed by atoms with Crippen molar-refractivity contribution >= 4 is 36.0 Å². The second kappa shape index (κ2) is 11.7. The van der Waals surface area contributed by atoms with Gasteiger partial charge >= 0.3 is 5.97 Å². The fourth-order valence-electron chi connectivity index (χ4n) is 4.57. The number of benzene rings is 1. The van der Waals surface area contributed by atoms with Crippen LogP contribution in [0.2, 0.25) is 0 Å². The Morgan fingerprint density at radius 2 is 2.13 bits per heavy atom. The summed E-state index contributed by atoms with van der Waals surface area (Å²) < 4.78 is 22.5. The molecule has 0 bridgehead atoms. The van der Waals surface area contributed by atoms with E-state index in [0.717, 1.165) is 49.7 Å². The topological polar surface area (TPSA) is 118 Å². The van der Waals surface area contributed by atoms with Gasteiger partial charge in [-0.25, -0.2) is 4.79 Å². The number of ether oxygens (including phenoxy) is 3. The van der Waals surface area contributed by atoms with Gasteiger partial charge in [-0.2, -0.15) is 0 Å². The quantitative estimate of drug-likeness (QED) is 0.477. The lowest BCUT2D eigenvalue weighted by Crippen LogP contribution is -2.38. The molecular weight excluding hydrogens is 488 g/mol. The maximum atomic E-state index is 12.8. The van der Waals surface area contributed by atoms with Crippen LogP contribution in [0.4, 0.5) is 11.6 Å². The molecule has 1 saturated heterocycles. The van der Waals surface area contributed by atoms with Crippen LogP contribution in [0.1, 0.15) is 28.6 Å². The smallest absolute Gasteiger partial charge is 0.347 e. The molecule has 1 fully saturated rings. The Morgan fingerprint density at radius 1 is 1.29 bits per heavy atom. The number of nitrogens with zero attached hydrogens (tertiary/aromatic N) is 3. The van der Waals surface area contributed by atoms with Gasteiger partial charge in [0.15, 0.2) is 17.1 Å². The summed E-state index contributed by atoms with van der Waals surface area (Å²) in [6.07, 6.45) is 8.75. The van der Waals surface area contributed by atoms with E-state index in [0.29, 0.717) is 12.3 Å². The molecule has 0 amide bonds. The van der Waals surface area contributed by atoms with Gasteiger partial charge in [-0.05, 0) is 55.3 Å². The Morgan fingerprint density at radius 3 is 2.92 bits per heavy atom. The van der Waals surface area contributed by atoms with Crippen molar-refractivity contribution in [3.05, 3.63) is 52.8 Å². The molecule has 5 rings (SSSR count). The maximum absolute atomic E-state index is 12.8. The van der Waals surface area contributed by atoms with Crippen molar-refractivity contribution in [1.82, 2.24) is 4.90 Å². The molecule has 0 aliphatic carbocycles. The van der Waals surface area contributed by atoms with Gasteiger partial charge in [0, 0.05) is 43.7 Å². The normalized spacial score (nSPS) is 21.6. The number of rotatable bonds is 9. The number of carbonyl (C=O) groups is 1. The Bertz CT molecular complexity index is 1290. The zero-order chi connectivity index (χ0) is 26.5. The lowest BCUT2D eigenvalue weighted by atomic mass is 9.97. The summed E-state index contributed by atoms with van der Waals surface area (Å²) in [6.45, 7) is 8.56. The van der Waals surface area contributed by atoms with Crippen LogP contribution >= 0.6 is 0 Å². The van der Waals surface area contributed by atoms with Crippen LogP contribution in [0.5, 0.6) is 11.5 Å². The molecule has 38 heavy (non-hydrogen) atoms. The average molecular weight is 521 g/mol. The van der Waals surface area contributed by atoms with Gasteiger partial charge in [-0.3, -0.25) is 14.9 Å². The van der Waals surface area contributed by atoms with Gasteiger partial charge in [0.25, 0.3) is 0 Å². The summed E-state index contributed by atoms with van der Waals surface area (Å²) in [4.78, 5) is 23.8. The molecule has 3 aliphatic rings. The van der Waals surface area contributed by atoms with Crippen LogP contribution in [0.25, 0.3) is 6.08 Å². The fourth-order valence-corrected chi connectivity index (χ4v) is 4.57. The van der Waals surface area contributed by atoms with Crippen molar-refractivity contribution in [2.45, 2.75) is 20.0 Å². The molecule has 10 heteroatoms. The van der Waals surface area contributed by atoms with E-state index in [1.807, 2.05) is 37.3 Å². The summed E-state index contributed by atoms with van der Waals surface area (Å²) in [5.41, 5.74) is 2.35. The molecule has 0 saturated carbocycles. The summed E-state index contributed by atoms with van der Waals surface area (Å²) >= 11 is 0. The molecule has 2 N–H and O–H groups in total. The third-order valence-electron chi connectivity index (χ3n) is 6.64. The number of nitrogens with one attached hydrogen (secondary N) is 1. The zero-order valence-electron chi connectivity index (χ0n) is 21.6. The number of aromatic hydroxyl groups is 1. The number of anilines is 2. The van der Waals surface area contributed by atoms with Crippen LogP contribution in [0.3, 0.4) is 0 Å². The minimum Gasteiger partial charge on any atom is -0.504 e. The first-order valence-electron chi connectivity index (χ1n) is 12.8. The van der Waals surface area contributed by atoms with E-state index in [1.165, 1.54) is 0 Å². The Labute approximate surface area is 221 Å². The molecule has 2 atom stereocenters. The number of carbonyl (C=O) groups excluding carboxylic acids is 1. The van der Waals surface area contributed by atoms with Crippen LogP contribution in [0, 0.1) is 12.8 Å². The number of allylic oxidation sites excluding steroid dienone is 1. The minimum absolute atomic E-state index is 0.0509. The van der Waals surface area contributed by atoms with Crippen molar-refractivity contribution in [3.8, 4) is 11.5 Å². The van der Waals surface area contributed by atoms with Crippen molar-refractivity contribution in [1.29, 1.82) is 0 Å².